The fourth-order valence-electron chi connectivity index (χ4n) is 2.50. The topological polar surface area (TPSA) is 96.8 Å². The molecule has 0 aliphatic carbocycles. The number of hydrogen-bond donors (Lipinski definition) is 2. The van der Waals surface area contributed by atoms with E-state index in [4.69, 9.17) is 9.79 Å². The normalized spacial score (nSPS) is 14.9. The average Bonchev–Trinajstić information content (AvgIpc) is 3.35. The predicted octanol–water partition coefficient (Wildman–Crippen LogP) is 1.64. The highest BCUT2D eigenvalue weighted by molar-refractivity contribution is 7.60. The third-order valence-corrected chi connectivity index (χ3v) is 5.28. The van der Waals surface area contributed by atoms with Gasteiger partial charge in [0.15, 0.2) is 0 Å². The lowest BCUT2D eigenvalue weighted by Gasteiger charge is -2.14. The summed E-state index contributed by atoms with van der Waals surface area (Å²) in [5.41, 5.74) is 0.254. The average molecular weight is 440 g/mol. The van der Waals surface area contributed by atoms with Gasteiger partial charge in [0.2, 0.25) is 0 Å². The van der Waals surface area contributed by atoms with Crippen LogP contribution in [0, 0.1) is 0 Å². The van der Waals surface area contributed by atoms with Gasteiger partial charge in [-0.25, -0.2) is 4.79 Å². The zero-order valence-electron chi connectivity index (χ0n) is 18.3. The summed E-state index contributed by atoms with van der Waals surface area (Å²) < 4.78 is 15.2. The van der Waals surface area contributed by atoms with Crippen LogP contribution in [0.25, 0.3) is 0 Å². The molecule has 30 heavy (non-hydrogen) atoms. The summed E-state index contributed by atoms with van der Waals surface area (Å²) in [5, 5.41) is -0.120. The summed E-state index contributed by atoms with van der Waals surface area (Å²) in [7, 11) is 1.16. The third-order valence-electron chi connectivity index (χ3n) is 4.31. The highest BCUT2D eigenvalue weighted by Crippen LogP contribution is 2.32. The molecule has 168 valence electrons. The van der Waals surface area contributed by atoms with E-state index >= 15 is 0 Å². The summed E-state index contributed by atoms with van der Waals surface area (Å²) in [4.78, 5) is 37.3. The molecule has 2 N–H and O–H groups in total. The van der Waals surface area contributed by atoms with Crippen LogP contribution in [-0.4, -0.2) is 83.0 Å². The molecular weight excluding hydrogens is 407 g/mol. The number of nitrogens with zero attached hydrogens (tertiary/aromatic N) is 4. The Labute approximate surface area is 179 Å². The van der Waals surface area contributed by atoms with E-state index in [-0.39, 0.29) is 10.9 Å². The molecule has 0 atom stereocenters. The summed E-state index contributed by atoms with van der Waals surface area (Å²) in [6.45, 7) is 8.64. The molecule has 0 bridgehead atoms. The number of hydrogen-bond acceptors (Lipinski definition) is 7. The molecule has 0 radical (unpaired) electrons. The molecule has 2 heterocycles. The smallest absolute Gasteiger partial charge is 0.356 e. The summed E-state index contributed by atoms with van der Waals surface area (Å²) >= 11 is 0. The number of rotatable bonds is 4. The van der Waals surface area contributed by atoms with Gasteiger partial charge < -0.3 is 34.1 Å². The fraction of sp³-hybridized carbons (Fsp3) is 0.450. The van der Waals surface area contributed by atoms with Gasteiger partial charge in [-0.3, -0.25) is 4.57 Å². The number of esters is 1. The number of ether oxygens (including phenoxy) is 1. The Morgan fingerprint density at radius 1 is 0.933 bits per heavy atom. The zero-order chi connectivity index (χ0) is 22.7. The second-order valence-electron chi connectivity index (χ2n) is 6.79. The Morgan fingerprint density at radius 2 is 1.37 bits per heavy atom. The maximum Gasteiger partial charge on any atom is 0.356 e. The molecular formula is C20H33N4O5P. The molecule has 10 heteroatoms. The quantitative estimate of drug-likeness (QED) is 0.535. The van der Waals surface area contributed by atoms with Gasteiger partial charge in [-0.05, 0) is 38.1 Å². The Morgan fingerprint density at radius 3 is 1.60 bits per heavy atom. The van der Waals surface area contributed by atoms with Crippen LogP contribution >= 0.6 is 7.60 Å². The number of methoxy groups -OCH3 is 1. The molecule has 0 saturated heterocycles. The minimum atomic E-state index is -4.23. The maximum atomic E-state index is 11.0. The summed E-state index contributed by atoms with van der Waals surface area (Å²) in [6.07, 6.45) is 8.40. The maximum absolute atomic E-state index is 11.0. The van der Waals surface area contributed by atoms with E-state index in [0.717, 1.165) is 26.4 Å². The standard InChI is InChI=1S/C8H9O5P.2C6H12N2/c1-13-8(9)6-2-4-7(5-3-6)14(10,11)12;2*1-3-8-5-4-7(2)6-8/h2-5H,1H3,(H2,10,11,12);2*4-5H,3,6H2,1-2H3. The van der Waals surface area contributed by atoms with Crippen LogP contribution in [0.3, 0.4) is 0 Å². The summed E-state index contributed by atoms with van der Waals surface area (Å²) in [6, 6.07) is 5.01. The first-order valence-electron chi connectivity index (χ1n) is 9.60. The molecule has 3 rings (SSSR count). The minimum Gasteiger partial charge on any atom is -0.465 e. The number of carbonyl (C=O) groups excluding carboxylic acids is 1. The van der Waals surface area contributed by atoms with Gasteiger partial charge in [0, 0.05) is 52.0 Å². The molecule has 0 saturated carbocycles. The zero-order valence-corrected chi connectivity index (χ0v) is 19.2. The van der Waals surface area contributed by atoms with Gasteiger partial charge in [0.05, 0.1) is 31.3 Å². The molecule has 0 unspecified atom stereocenters. The van der Waals surface area contributed by atoms with Crippen molar-refractivity contribution < 1.29 is 23.9 Å². The van der Waals surface area contributed by atoms with Crippen molar-refractivity contribution in [3.63, 3.8) is 0 Å². The van der Waals surface area contributed by atoms with Crippen LogP contribution in [0.2, 0.25) is 0 Å². The van der Waals surface area contributed by atoms with E-state index in [9.17, 15) is 9.36 Å². The van der Waals surface area contributed by atoms with Crippen molar-refractivity contribution in [2.24, 2.45) is 0 Å². The van der Waals surface area contributed by atoms with E-state index in [1.54, 1.807) is 0 Å². The molecule has 1 aromatic carbocycles. The molecule has 1 aromatic rings. The molecule has 9 nitrogen and oxygen atoms in total. The first kappa shape index (κ1) is 25.6. The Kier molecular flexibility index (Phi) is 10.5. The van der Waals surface area contributed by atoms with Gasteiger partial charge >= 0.3 is 13.6 Å². The van der Waals surface area contributed by atoms with Gasteiger partial charge in [-0.15, -0.1) is 0 Å². The first-order valence-corrected chi connectivity index (χ1v) is 11.2. The predicted molar refractivity (Wildman–Crippen MR) is 118 cm³/mol. The lowest BCUT2D eigenvalue weighted by atomic mass is 10.2. The van der Waals surface area contributed by atoms with Crippen molar-refractivity contribution in [2.75, 3.05) is 47.6 Å². The van der Waals surface area contributed by atoms with Gasteiger partial charge in [0.25, 0.3) is 0 Å². The van der Waals surface area contributed by atoms with Crippen molar-refractivity contribution in [3.05, 3.63) is 54.6 Å². The van der Waals surface area contributed by atoms with Crippen molar-refractivity contribution >= 4 is 18.9 Å². The van der Waals surface area contributed by atoms with Crippen molar-refractivity contribution in [2.45, 2.75) is 13.8 Å². The monoisotopic (exact) mass is 440 g/mol. The second-order valence-corrected chi connectivity index (χ2v) is 8.39. The van der Waals surface area contributed by atoms with Gasteiger partial charge in [0.1, 0.15) is 0 Å². The van der Waals surface area contributed by atoms with E-state index < -0.39 is 13.6 Å². The van der Waals surface area contributed by atoms with E-state index in [0.29, 0.717) is 0 Å². The second kappa shape index (κ2) is 12.3. The molecule has 2 aliphatic heterocycles. The Hall–Kier alpha value is -2.48. The summed E-state index contributed by atoms with van der Waals surface area (Å²) in [5.74, 6) is -0.540. The Bertz CT molecular complexity index is 737. The largest absolute Gasteiger partial charge is 0.465 e. The van der Waals surface area contributed by atoms with E-state index in [1.165, 1.54) is 31.4 Å². The molecule has 2 aliphatic rings. The third kappa shape index (κ3) is 8.90. The minimum absolute atomic E-state index is 0.120. The van der Waals surface area contributed by atoms with Crippen LogP contribution in [-0.2, 0) is 9.30 Å². The van der Waals surface area contributed by atoms with Crippen LogP contribution < -0.4 is 5.30 Å². The SMILES string of the molecule is CCN1C=CN(C)C1.CCN1C=CN(C)C1.COC(=O)c1ccc(P(=O)(O)O)cc1. The molecule has 0 amide bonds. The molecule has 0 fully saturated rings. The van der Waals surface area contributed by atoms with Crippen molar-refractivity contribution in [1.82, 2.24) is 19.6 Å². The highest BCUT2D eigenvalue weighted by atomic mass is 31.2. The van der Waals surface area contributed by atoms with Crippen molar-refractivity contribution in [3.8, 4) is 0 Å². The van der Waals surface area contributed by atoms with Crippen LogP contribution in [0.1, 0.15) is 24.2 Å². The molecule has 0 aromatic heterocycles. The van der Waals surface area contributed by atoms with E-state index in [2.05, 4.69) is 77.1 Å². The number of benzene rings is 1. The first-order chi connectivity index (χ1) is 14.1. The number of carbonyl (C=O) groups is 1. The van der Waals surface area contributed by atoms with Crippen LogP contribution in [0.15, 0.2) is 49.1 Å². The Balaban J connectivity index is 0.000000240. The van der Waals surface area contributed by atoms with Crippen molar-refractivity contribution in [1.29, 1.82) is 0 Å². The van der Waals surface area contributed by atoms with Gasteiger partial charge in [-0.1, -0.05) is 0 Å². The van der Waals surface area contributed by atoms with Crippen LogP contribution in [0.5, 0.6) is 0 Å². The lowest BCUT2D eigenvalue weighted by Crippen LogP contribution is -2.21. The molecule has 0 spiro atoms. The lowest BCUT2D eigenvalue weighted by molar-refractivity contribution is 0.0600. The van der Waals surface area contributed by atoms with Crippen LogP contribution in [0.4, 0.5) is 0 Å². The fourth-order valence-corrected chi connectivity index (χ4v) is 3.04. The van der Waals surface area contributed by atoms with Gasteiger partial charge in [-0.2, -0.15) is 0 Å². The highest BCUT2D eigenvalue weighted by Gasteiger charge is 2.17. The van der Waals surface area contributed by atoms with E-state index in [1.807, 2.05) is 0 Å².